The van der Waals surface area contributed by atoms with E-state index >= 15 is 0 Å². The third-order valence-corrected chi connectivity index (χ3v) is 5.43. The number of guanidine groups is 1. The van der Waals surface area contributed by atoms with Gasteiger partial charge >= 0.3 is 0 Å². The first kappa shape index (κ1) is 18.9. The van der Waals surface area contributed by atoms with E-state index in [-0.39, 0.29) is 0 Å². The van der Waals surface area contributed by atoms with E-state index in [0.717, 1.165) is 76.0 Å². The number of nitrogens with zero attached hydrogens (tertiary/aromatic N) is 5. The number of likely N-dealkylation sites (tertiary alicyclic amines) is 1. The molecule has 0 bridgehead atoms. The summed E-state index contributed by atoms with van der Waals surface area (Å²) in [6.07, 6.45) is 4.48. The third kappa shape index (κ3) is 4.84. The van der Waals surface area contributed by atoms with E-state index in [4.69, 9.17) is 0 Å². The first-order chi connectivity index (χ1) is 12.5. The Kier molecular flexibility index (Phi) is 6.29. The molecule has 0 aliphatic carbocycles. The number of fused-ring (bicyclic) bond motifs is 1. The lowest BCUT2D eigenvalue weighted by Crippen LogP contribution is -2.49. The number of hydrogen-bond acceptors (Lipinski definition) is 4. The number of aromatic nitrogens is 3. The lowest BCUT2D eigenvalue weighted by Gasteiger charge is -2.33. The van der Waals surface area contributed by atoms with Crippen molar-refractivity contribution >= 4 is 5.96 Å². The highest BCUT2D eigenvalue weighted by atomic mass is 15.3. The SMILES string of the molecule is C=C(C)CN1CCC(NC(=NC)NCC2CCc3nnc(C)n3C2)CC1. The average molecular weight is 360 g/mol. The Balaban J connectivity index is 1.42. The summed E-state index contributed by atoms with van der Waals surface area (Å²) in [6.45, 7) is 13.4. The fraction of sp³-hybridized carbons (Fsp3) is 0.737. The molecule has 1 atom stereocenters. The molecule has 2 N–H and O–H groups in total. The van der Waals surface area contributed by atoms with Crippen molar-refractivity contribution in [2.24, 2.45) is 10.9 Å². The second-order valence-electron chi connectivity index (χ2n) is 7.78. The molecule has 144 valence electrons. The van der Waals surface area contributed by atoms with Gasteiger partial charge in [-0.15, -0.1) is 10.2 Å². The van der Waals surface area contributed by atoms with Gasteiger partial charge in [0, 0.05) is 52.2 Å². The molecule has 1 aromatic heterocycles. The van der Waals surface area contributed by atoms with E-state index in [1.54, 1.807) is 0 Å². The van der Waals surface area contributed by atoms with Crippen LogP contribution >= 0.6 is 0 Å². The monoisotopic (exact) mass is 359 g/mol. The molecular formula is C19H33N7. The Labute approximate surface area is 157 Å². The van der Waals surface area contributed by atoms with Crippen LogP contribution in [0.5, 0.6) is 0 Å². The lowest BCUT2D eigenvalue weighted by atomic mass is 9.99. The van der Waals surface area contributed by atoms with E-state index in [1.165, 1.54) is 5.57 Å². The van der Waals surface area contributed by atoms with Gasteiger partial charge in [-0.25, -0.2) is 0 Å². The van der Waals surface area contributed by atoms with E-state index in [0.29, 0.717) is 12.0 Å². The molecule has 1 unspecified atom stereocenters. The van der Waals surface area contributed by atoms with E-state index in [2.05, 4.69) is 48.8 Å². The predicted octanol–water partition coefficient (Wildman–Crippen LogP) is 1.35. The number of aryl methyl sites for hydroxylation is 2. The van der Waals surface area contributed by atoms with Crippen LogP contribution < -0.4 is 10.6 Å². The summed E-state index contributed by atoms with van der Waals surface area (Å²) < 4.78 is 2.25. The summed E-state index contributed by atoms with van der Waals surface area (Å²) in [4.78, 5) is 6.90. The number of rotatable bonds is 5. The van der Waals surface area contributed by atoms with Crippen molar-refractivity contribution in [1.29, 1.82) is 0 Å². The van der Waals surface area contributed by atoms with Gasteiger partial charge in [-0.2, -0.15) is 0 Å². The van der Waals surface area contributed by atoms with Crippen molar-refractivity contribution in [3.8, 4) is 0 Å². The van der Waals surface area contributed by atoms with Crippen LogP contribution in [0.4, 0.5) is 0 Å². The van der Waals surface area contributed by atoms with E-state index in [1.807, 2.05) is 14.0 Å². The standard InChI is InChI=1S/C19H33N7/c1-14(2)12-25-9-7-17(8-10-25)22-19(20-4)21-11-16-5-6-18-24-23-15(3)26(18)13-16/h16-17H,1,5-13H2,2-4H3,(H2,20,21,22). The maximum atomic E-state index is 4.42. The molecule has 3 rings (SSSR count). The highest BCUT2D eigenvalue weighted by Gasteiger charge is 2.23. The van der Waals surface area contributed by atoms with Gasteiger partial charge in [-0.1, -0.05) is 12.2 Å². The summed E-state index contributed by atoms with van der Waals surface area (Å²) in [5, 5.41) is 15.6. The minimum Gasteiger partial charge on any atom is -0.356 e. The van der Waals surface area contributed by atoms with Gasteiger partial charge < -0.3 is 15.2 Å². The molecule has 26 heavy (non-hydrogen) atoms. The third-order valence-electron chi connectivity index (χ3n) is 5.43. The highest BCUT2D eigenvalue weighted by Crippen LogP contribution is 2.19. The summed E-state index contributed by atoms with van der Waals surface area (Å²) in [6, 6.07) is 0.501. The van der Waals surface area contributed by atoms with Crippen LogP contribution in [0.25, 0.3) is 0 Å². The summed E-state index contributed by atoms with van der Waals surface area (Å²) in [7, 11) is 1.86. The van der Waals surface area contributed by atoms with Crippen LogP contribution in [-0.4, -0.2) is 64.9 Å². The molecule has 0 amide bonds. The van der Waals surface area contributed by atoms with Gasteiger partial charge in [0.25, 0.3) is 0 Å². The van der Waals surface area contributed by atoms with Gasteiger partial charge in [-0.3, -0.25) is 9.89 Å². The Morgan fingerprint density at radius 2 is 2.04 bits per heavy atom. The molecule has 0 saturated carbocycles. The van der Waals surface area contributed by atoms with Crippen LogP contribution in [0.1, 0.15) is 37.8 Å². The average Bonchev–Trinajstić information content (AvgIpc) is 3.00. The molecule has 0 radical (unpaired) electrons. The zero-order valence-electron chi connectivity index (χ0n) is 16.5. The van der Waals surface area contributed by atoms with Crippen molar-refractivity contribution in [1.82, 2.24) is 30.3 Å². The molecule has 7 heteroatoms. The van der Waals surface area contributed by atoms with E-state index < -0.39 is 0 Å². The van der Waals surface area contributed by atoms with Crippen molar-refractivity contribution in [3.63, 3.8) is 0 Å². The number of nitrogens with one attached hydrogen (secondary N) is 2. The number of aliphatic imine (C=N–C) groups is 1. The summed E-state index contributed by atoms with van der Waals surface area (Å²) in [5.41, 5.74) is 1.24. The molecule has 1 aromatic rings. The first-order valence-electron chi connectivity index (χ1n) is 9.77. The molecule has 0 spiro atoms. The van der Waals surface area contributed by atoms with Gasteiger partial charge in [0.2, 0.25) is 0 Å². The van der Waals surface area contributed by atoms with Crippen LogP contribution in [0, 0.1) is 12.8 Å². The molecule has 1 saturated heterocycles. The fourth-order valence-corrected chi connectivity index (χ4v) is 3.94. The maximum absolute atomic E-state index is 4.42. The lowest BCUT2D eigenvalue weighted by molar-refractivity contribution is 0.221. The summed E-state index contributed by atoms with van der Waals surface area (Å²) >= 11 is 0. The van der Waals surface area contributed by atoms with Crippen molar-refractivity contribution in [3.05, 3.63) is 23.8 Å². The van der Waals surface area contributed by atoms with Gasteiger partial charge in [0.1, 0.15) is 11.6 Å². The predicted molar refractivity (Wildman–Crippen MR) is 105 cm³/mol. The molecule has 3 heterocycles. The molecule has 7 nitrogen and oxygen atoms in total. The first-order valence-corrected chi connectivity index (χ1v) is 9.77. The topological polar surface area (TPSA) is 70.4 Å². The molecule has 1 fully saturated rings. The highest BCUT2D eigenvalue weighted by molar-refractivity contribution is 5.79. The quantitative estimate of drug-likeness (QED) is 0.472. The minimum atomic E-state index is 0.501. The fourth-order valence-electron chi connectivity index (χ4n) is 3.94. The molecule has 0 aromatic carbocycles. The zero-order chi connectivity index (χ0) is 18.5. The number of hydrogen-bond donors (Lipinski definition) is 2. The zero-order valence-corrected chi connectivity index (χ0v) is 16.5. The van der Waals surface area contributed by atoms with Gasteiger partial charge in [0.15, 0.2) is 5.96 Å². The molecular weight excluding hydrogens is 326 g/mol. The van der Waals surface area contributed by atoms with E-state index in [9.17, 15) is 0 Å². The Morgan fingerprint density at radius 1 is 1.27 bits per heavy atom. The molecule has 2 aliphatic rings. The minimum absolute atomic E-state index is 0.501. The smallest absolute Gasteiger partial charge is 0.191 e. The van der Waals surface area contributed by atoms with Crippen molar-refractivity contribution in [2.45, 2.75) is 52.1 Å². The van der Waals surface area contributed by atoms with Gasteiger partial charge in [0.05, 0.1) is 0 Å². The van der Waals surface area contributed by atoms with Crippen LogP contribution in [0.15, 0.2) is 17.1 Å². The second-order valence-corrected chi connectivity index (χ2v) is 7.78. The maximum Gasteiger partial charge on any atom is 0.191 e. The normalized spacial score (nSPS) is 22.1. The van der Waals surface area contributed by atoms with Gasteiger partial charge in [-0.05, 0) is 39.0 Å². The van der Waals surface area contributed by atoms with Crippen LogP contribution in [-0.2, 0) is 13.0 Å². The Morgan fingerprint density at radius 3 is 2.73 bits per heavy atom. The Bertz CT molecular complexity index is 640. The number of piperidine rings is 1. The van der Waals surface area contributed by atoms with Crippen LogP contribution in [0.2, 0.25) is 0 Å². The van der Waals surface area contributed by atoms with Crippen molar-refractivity contribution < 1.29 is 0 Å². The van der Waals surface area contributed by atoms with Crippen LogP contribution in [0.3, 0.4) is 0 Å². The largest absolute Gasteiger partial charge is 0.356 e. The molecule has 2 aliphatic heterocycles. The summed E-state index contributed by atoms with van der Waals surface area (Å²) in [5.74, 6) is 3.67. The Hall–Kier alpha value is -1.89. The van der Waals surface area contributed by atoms with Crippen molar-refractivity contribution in [2.75, 3.05) is 33.2 Å². The second kappa shape index (κ2) is 8.66.